The molecule has 0 bridgehead atoms. The Hall–Kier alpha value is -2.18. The number of thioether (sulfide) groups is 1. The predicted octanol–water partition coefficient (Wildman–Crippen LogP) is 4.93. The lowest BCUT2D eigenvalue weighted by Gasteiger charge is -2.11. The Balaban J connectivity index is 1.88. The predicted molar refractivity (Wildman–Crippen MR) is 105 cm³/mol. The molecule has 136 valence electrons. The summed E-state index contributed by atoms with van der Waals surface area (Å²) in [4.78, 5) is 0. The van der Waals surface area contributed by atoms with E-state index in [1.165, 1.54) is 0 Å². The largest absolute Gasteiger partial charge is 0.493 e. The minimum Gasteiger partial charge on any atom is -0.493 e. The Kier molecular flexibility index (Phi) is 6.06. The number of nitrogens with zero attached hydrogens (tertiary/aromatic N) is 3. The normalized spacial score (nSPS) is 10.8. The average Bonchev–Trinajstić information content (AvgIpc) is 3.09. The minimum atomic E-state index is 0.668. The van der Waals surface area contributed by atoms with Crippen LogP contribution in [0.3, 0.4) is 0 Å². The van der Waals surface area contributed by atoms with Crippen LogP contribution in [-0.2, 0) is 12.3 Å². The van der Waals surface area contributed by atoms with Crippen molar-refractivity contribution in [2.45, 2.75) is 24.4 Å². The zero-order chi connectivity index (χ0) is 18.5. The van der Waals surface area contributed by atoms with Gasteiger partial charge in [0.05, 0.1) is 14.2 Å². The summed E-state index contributed by atoms with van der Waals surface area (Å²) in [7, 11) is 3.24. The molecule has 0 aliphatic heterocycles. The fraction of sp³-hybridized carbons (Fsp3) is 0.263. The first-order chi connectivity index (χ1) is 12.7. The monoisotopic (exact) mass is 389 g/mol. The third-order valence-corrected chi connectivity index (χ3v) is 5.37. The summed E-state index contributed by atoms with van der Waals surface area (Å²) in [6.07, 6.45) is 0. The van der Waals surface area contributed by atoms with Gasteiger partial charge in [-0.3, -0.25) is 0 Å². The van der Waals surface area contributed by atoms with Crippen LogP contribution in [0.2, 0.25) is 5.02 Å². The molecule has 1 aromatic heterocycles. The van der Waals surface area contributed by atoms with Crippen LogP contribution < -0.4 is 9.47 Å². The Morgan fingerprint density at radius 3 is 2.50 bits per heavy atom. The SMILES string of the molecule is CCn1c(SCc2ccccc2Cl)nnc1-c1ccc(OC)c(OC)c1. The standard InChI is InChI=1S/C19H20ClN3O2S/c1-4-23-18(13-9-10-16(24-2)17(11-13)25-3)21-22-19(23)26-12-14-7-5-6-8-15(14)20/h5-11H,4,12H2,1-3H3. The average molecular weight is 390 g/mol. The van der Waals surface area contributed by atoms with Crippen LogP contribution in [-0.4, -0.2) is 29.0 Å². The summed E-state index contributed by atoms with van der Waals surface area (Å²) in [5, 5.41) is 10.4. The van der Waals surface area contributed by atoms with Gasteiger partial charge in [0.25, 0.3) is 0 Å². The molecule has 5 nitrogen and oxygen atoms in total. The Morgan fingerprint density at radius 2 is 1.81 bits per heavy atom. The summed E-state index contributed by atoms with van der Waals surface area (Å²) >= 11 is 7.87. The van der Waals surface area contributed by atoms with Crippen molar-refractivity contribution in [3.63, 3.8) is 0 Å². The molecule has 1 heterocycles. The molecule has 0 fully saturated rings. The molecule has 0 saturated heterocycles. The molecule has 0 aliphatic rings. The van der Waals surface area contributed by atoms with Gasteiger partial charge in [-0.25, -0.2) is 0 Å². The number of hydrogen-bond donors (Lipinski definition) is 0. The maximum atomic E-state index is 6.25. The van der Waals surface area contributed by atoms with Gasteiger partial charge in [-0.15, -0.1) is 10.2 Å². The lowest BCUT2D eigenvalue weighted by molar-refractivity contribution is 0.355. The van der Waals surface area contributed by atoms with Gasteiger partial charge >= 0.3 is 0 Å². The quantitative estimate of drug-likeness (QED) is 0.536. The second kappa shape index (κ2) is 8.47. The Bertz CT molecular complexity index is 898. The Morgan fingerprint density at radius 1 is 1.04 bits per heavy atom. The molecular formula is C19H20ClN3O2S. The zero-order valence-corrected chi connectivity index (χ0v) is 16.5. The molecule has 3 aromatic rings. The number of aromatic nitrogens is 3. The molecule has 0 saturated carbocycles. The van der Waals surface area contributed by atoms with Gasteiger partial charge in [0.15, 0.2) is 22.5 Å². The summed E-state index contributed by atoms with van der Waals surface area (Å²) in [5.74, 6) is 2.90. The van der Waals surface area contributed by atoms with Crippen LogP contribution in [0, 0.1) is 0 Å². The fourth-order valence-electron chi connectivity index (χ4n) is 2.63. The second-order valence-electron chi connectivity index (χ2n) is 5.50. The van der Waals surface area contributed by atoms with Crippen molar-refractivity contribution in [2.24, 2.45) is 0 Å². The van der Waals surface area contributed by atoms with Gasteiger partial charge in [0, 0.05) is 22.9 Å². The molecule has 0 aliphatic carbocycles. The van der Waals surface area contributed by atoms with Crippen LogP contribution in [0.25, 0.3) is 11.4 Å². The third-order valence-electron chi connectivity index (χ3n) is 3.99. The molecule has 0 radical (unpaired) electrons. The van der Waals surface area contributed by atoms with Gasteiger partial charge in [0.2, 0.25) is 0 Å². The van der Waals surface area contributed by atoms with E-state index in [2.05, 4.69) is 21.7 Å². The summed E-state index contributed by atoms with van der Waals surface area (Å²) < 4.78 is 12.8. The minimum absolute atomic E-state index is 0.668. The highest BCUT2D eigenvalue weighted by atomic mass is 35.5. The molecule has 3 rings (SSSR count). The molecule has 0 N–H and O–H groups in total. The highest BCUT2D eigenvalue weighted by molar-refractivity contribution is 7.98. The van der Waals surface area contributed by atoms with Gasteiger partial charge < -0.3 is 14.0 Å². The van der Waals surface area contributed by atoms with E-state index >= 15 is 0 Å². The summed E-state index contributed by atoms with van der Waals surface area (Å²) in [6, 6.07) is 13.6. The lowest BCUT2D eigenvalue weighted by atomic mass is 10.2. The van der Waals surface area contributed by atoms with Crippen LogP contribution in [0.4, 0.5) is 0 Å². The summed E-state index contributed by atoms with van der Waals surface area (Å²) in [6.45, 7) is 2.84. The number of hydrogen-bond acceptors (Lipinski definition) is 5. The van der Waals surface area contributed by atoms with Crippen LogP contribution in [0.15, 0.2) is 47.6 Å². The molecule has 0 amide bonds. The van der Waals surface area contributed by atoms with Crippen LogP contribution >= 0.6 is 23.4 Å². The van der Waals surface area contributed by atoms with Crippen molar-refractivity contribution in [2.75, 3.05) is 14.2 Å². The van der Waals surface area contributed by atoms with Crippen LogP contribution in [0.5, 0.6) is 11.5 Å². The smallest absolute Gasteiger partial charge is 0.191 e. The number of ether oxygens (including phenoxy) is 2. The molecule has 0 atom stereocenters. The lowest BCUT2D eigenvalue weighted by Crippen LogP contribution is -2.00. The molecule has 7 heteroatoms. The highest BCUT2D eigenvalue weighted by Crippen LogP contribution is 2.33. The maximum Gasteiger partial charge on any atom is 0.191 e. The van der Waals surface area contributed by atoms with Gasteiger partial charge in [0.1, 0.15) is 0 Å². The first-order valence-electron chi connectivity index (χ1n) is 8.19. The number of methoxy groups -OCH3 is 2. The van der Waals surface area contributed by atoms with E-state index in [-0.39, 0.29) is 0 Å². The molecular weight excluding hydrogens is 370 g/mol. The summed E-state index contributed by atoms with van der Waals surface area (Å²) in [5.41, 5.74) is 2.01. The molecule has 2 aromatic carbocycles. The van der Waals surface area contributed by atoms with Crippen molar-refractivity contribution in [1.29, 1.82) is 0 Å². The zero-order valence-electron chi connectivity index (χ0n) is 14.9. The van der Waals surface area contributed by atoms with Crippen molar-refractivity contribution in [1.82, 2.24) is 14.8 Å². The van der Waals surface area contributed by atoms with E-state index in [4.69, 9.17) is 21.1 Å². The number of rotatable bonds is 7. The molecule has 0 spiro atoms. The third kappa shape index (κ3) is 3.81. The molecule has 0 unspecified atom stereocenters. The van der Waals surface area contributed by atoms with Crippen molar-refractivity contribution in [3.8, 4) is 22.9 Å². The fourth-order valence-corrected chi connectivity index (χ4v) is 3.92. The number of halogens is 1. The maximum absolute atomic E-state index is 6.25. The van der Waals surface area contributed by atoms with Gasteiger partial charge in [-0.2, -0.15) is 0 Å². The van der Waals surface area contributed by atoms with E-state index in [1.54, 1.807) is 26.0 Å². The Labute approximate surface area is 162 Å². The van der Waals surface area contributed by atoms with Crippen molar-refractivity contribution < 1.29 is 9.47 Å². The van der Waals surface area contributed by atoms with E-state index < -0.39 is 0 Å². The van der Waals surface area contributed by atoms with Gasteiger partial charge in [-0.1, -0.05) is 41.6 Å². The first-order valence-corrected chi connectivity index (χ1v) is 9.56. The molecule has 26 heavy (non-hydrogen) atoms. The van der Waals surface area contributed by atoms with E-state index in [1.807, 2.05) is 42.5 Å². The van der Waals surface area contributed by atoms with Gasteiger partial charge in [-0.05, 0) is 36.8 Å². The van der Waals surface area contributed by atoms with Crippen molar-refractivity contribution >= 4 is 23.4 Å². The van der Waals surface area contributed by atoms with Crippen LogP contribution in [0.1, 0.15) is 12.5 Å². The topological polar surface area (TPSA) is 49.2 Å². The van der Waals surface area contributed by atoms with E-state index in [9.17, 15) is 0 Å². The van der Waals surface area contributed by atoms with Crippen molar-refractivity contribution in [3.05, 3.63) is 53.1 Å². The number of benzene rings is 2. The highest BCUT2D eigenvalue weighted by Gasteiger charge is 2.15. The van der Waals surface area contributed by atoms with E-state index in [0.29, 0.717) is 11.5 Å². The second-order valence-corrected chi connectivity index (χ2v) is 6.85. The van der Waals surface area contributed by atoms with E-state index in [0.717, 1.165) is 39.4 Å². The first kappa shape index (κ1) is 18.6.